The van der Waals surface area contributed by atoms with E-state index in [1.54, 1.807) is 25.1 Å². The third-order valence-electron chi connectivity index (χ3n) is 7.67. The summed E-state index contributed by atoms with van der Waals surface area (Å²) < 4.78 is 75.3. The highest BCUT2D eigenvalue weighted by atomic mass is 19.2. The Hall–Kier alpha value is -2.12. The molecule has 0 bridgehead atoms. The molecule has 0 radical (unpaired) electrons. The predicted octanol–water partition coefficient (Wildman–Crippen LogP) is 7.95. The SMILES string of the molecule is CCOc1ccc(C2CCC(OCc3ccc(C4CCC(OCC)CC4)c(F)c3F)CC2)c(F)c1F. The van der Waals surface area contributed by atoms with Crippen molar-refractivity contribution >= 4 is 0 Å². The number of rotatable bonds is 9. The van der Waals surface area contributed by atoms with E-state index in [1.165, 1.54) is 6.07 Å². The van der Waals surface area contributed by atoms with Crippen LogP contribution in [0.5, 0.6) is 5.75 Å². The normalized spacial score (nSPS) is 24.6. The maximum atomic E-state index is 14.9. The molecule has 0 N–H and O–H groups in total. The number of hydrogen-bond acceptors (Lipinski definition) is 3. The van der Waals surface area contributed by atoms with Crippen LogP contribution in [0.1, 0.15) is 93.7 Å². The second-order valence-corrected chi connectivity index (χ2v) is 9.87. The van der Waals surface area contributed by atoms with Crippen LogP contribution >= 0.6 is 0 Å². The van der Waals surface area contributed by atoms with E-state index in [4.69, 9.17) is 14.2 Å². The van der Waals surface area contributed by atoms with Crippen molar-refractivity contribution in [3.05, 3.63) is 64.2 Å². The molecule has 2 saturated carbocycles. The standard InChI is InChI=1S/C29H36F4O3/c1-3-34-21-10-5-18(6-11-21)23-14-9-20(26(30)27(23)31)17-36-22-12-7-19(8-13-22)24-15-16-25(35-4-2)29(33)28(24)32/h9,14-16,18-19,21-22H,3-8,10-13,17H2,1-2H3. The summed E-state index contributed by atoms with van der Waals surface area (Å²) in [5.74, 6) is -3.58. The van der Waals surface area contributed by atoms with E-state index >= 15 is 0 Å². The molecule has 0 unspecified atom stereocenters. The van der Waals surface area contributed by atoms with Gasteiger partial charge in [-0.25, -0.2) is 13.2 Å². The van der Waals surface area contributed by atoms with Crippen molar-refractivity contribution in [2.75, 3.05) is 13.2 Å². The summed E-state index contributed by atoms with van der Waals surface area (Å²) in [6.45, 7) is 4.61. The highest BCUT2D eigenvalue weighted by Gasteiger charge is 2.29. The monoisotopic (exact) mass is 508 g/mol. The average Bonchev–Trinajstić information content (AvgIpc) is 2.89. The van der Waals surface area contributed by atoms with Crippen molar-refractivity contribution < 1.29 is 31.8 Å². The largest absolute Gasteiger partial charge is 0.491 e. The van der Waals surface area contributed by atoms with Crippen LogP contribution in [0, 0.1) is 23.3 Å². The smallest absolute Gasteiger partial charge is 0.200 e. The Balaban J connectivity index is 1.30. The van der Waals surface area contributed by atoms with Gasteiger partial charge in [0, 0.05) is 12.2 Å². The van der Waals surface area contributed by atoms with Crippen LogP contribution in [0.25, 0.3) is 0 Å². The van der Waals surface area contributed by atoms with E-state index in [2.05, 4.69) is 0 Å². The van der Waals surface area contributed by atoms with Gasteiger partial charge >= 0.3 is 0 Å². The van der Waals surface area contributed by atoms with E-state index in [0.717, 1.165) is 25.7 Å². The van der Waals surface area contributed by atoms with Crippen LogP contribution < -0.4 is 4.74 Å². The summed E-state index contributed by atoms with van der Waals surface area (Å²) in [7, 11) is 0. The summed E-state index contributed by atoms with van der Waals surface area (Å²) in [6, 6.07) is 6.40. The van der Waals surface area contributed by atoms with Gasteiger partial charge in [-0.1, -0.05) is 18.2 Å². The van der Waals surface area contributed by atoms with E-state index in [0.29, 0.717) is 43.4 Å². The molecular formula is C29H36F4O3. The molecule has 0 amide bonds. The maximum Gasteiger partial charge on any atom is 0.200 e. The summed E-state index contributed by atoms with van der Waals surface area (Å²) in [5.41, 5.74) is 1.01. The van der Waals surface area contributed by atoms with Gasteiger partial charge in [-0.05, 0) is 94.2 Å². The van der Waals surface area contributed by atoms with E-state index in [-0.39, 0.29) is 48.6 Å². The summed E-state index contributed by atoms with van der Waals surface area (Å²) >= 11 is 0. The summed E-state index contributed by atoms with van der Waals surface area (Å²) in [5, 5.41) is 0. The molecule has 2 fully saturated rings. The first-order chi connectivity index (χ1) is 17.4. The highest BCUT2D eigenvalue weighted by Crippen LogP contribution is 2.39. The molecule has 198 valence electrons. The fraction of sp³-hybridized carbons (Fsp3) is 0.586. The zero-order chi connectivity index (χ0) is 25.7. The zero-order valence-corrected chi connectivity index (χ0v) is 21.1. The van der Waals surface area contributed by atoms with Crippen molar-refractivity contribution in [1.29, 1.82) is 0 Å². The lowest BCUT2D eigenvalue weighted by atomic mass is 9.82. The molecule has 2 aromatic rings. The first-order valence-corrected chi connectivity index (χ1v) is 13.2. The number of hydrogen-bond donors (Lipinski definition) is 0. The molecule has 2 aliphatic rings. The highest BCUT2D eigenvalue weighted by molar-refractivity contribution is 5.33. The molecule has 0 spiro atoms. The van der Waals surface area contributed by atoms with E-state index < -0.39 is 23.3 Å². The number of halogens is 4. The zero-order valence-electron chi connectivity index (χ0n) is 21.1. The molecule has 3 nitrogen and oxygen atoms in total. The van der Waals surface area contributed by atoms with Crippen LogP contribution in [-0.4, -0.2) is 25.4 Å². The lowest BCUT2D eigenvalue weighted by molar-refractivity contribution is 0.0116. The lowest BCUT2D eigenvalue weighted by Gasteiger charge is -2.30. The van der Waals surface area contributed by atoms with E-state index in [9.17, 15) is 17.6 Å². The van der Waals surface area contributed by atoms with Gasteiger partial charge in [0.15, 0.2) is 23.2 Å². The predicted molar refractivity (Wildman–Crippen MR) is 130 cm³/mol. The topological polar surface area (TPSA) is 27.7 Å². The fourth-order valence-electron chi connectivity index (χ4n) is 5.68. The Morgan fingerprint density at radius 2 is 1.14 bits per heavy atom. The van der Waals surface area contributed by atoms with Crippen LogP contribution in [0.15, 0.2) is 24.3 Å². The van der Waals surface area contributed by atoms with Crippen LogP contribution in [-0.2, 0) is 16.1 Å². The Kier molecular flexibility index (Phi) is 9.29. The molecule has 4 rings (SSSR count). The molecule has 2 aromatic carbocycles. The Morgan fingerprint density at radius 1 is 0.611 bits per heavy atom. The van der Waals surface area contributed by atoms with Gasteiger partial charge in [-0.2, -0.15) is 4.39 Å². The Morgan fingerprint density at radius 3 is 1.69 bits per heavy atom. The third kappa shape index (κ3) is 6.05. The minimum Gasteiger partial charge on any atom is -0.491 e. The second kappa shape index (κ2) is 12.4. The summed E-state index contributed by atoms with van der Waals surface area (Å²) in [4.78, 5) is 0. The van der Waals surface area contributed by atoms with Gasteiger partial charge in [0.2, 0.25) is 5.82 Å². The number of ether oxygens (including phenoxy) is 3. The summed E-state index contributed by atoms with van der Waals surface area (Å²) in [6.07, 6.45) is 5.94. The van der Waals surface area contributed by atoms with Gasteiger partial charge in [0.1, 0.15) is 0 Å². The van der Waals surface area contributed by atoms with Crippen LogP contribution in [0.2, 0.25) is 0 Å². The molecule has 7 heteroatoms. The van der Waals surface area contributed by atoms with Gasteiger partial charge in [-0.3, -0.25) is 0 Å². The quantitative estimate of drug-likeness (QED) is 0.322. The van der Waals surface area contributed by atoms with Gasteiger partial charge in [-0.15, -0.1) is 0 Å². The first-order valence-electron chi connectivity index (χ1n) is 13.2. The van der Waals surface area contributed by atoms with Gasteiger partial charge in [0.05, 0.1) is 25.4 Å². The average molecular weight is 509 g/mol. The molecular weight excluding hydrogens is 472 g/mol. The van der Waals surface area contributed by atoms with Crippen molar-refractivity contribution in [2.45, 2.75) is 95.9 Å². The van der Waals surface area contributed by atoms with Crippen molar-refractivity contribution in [3.63, 3.8) is 0 Å². The van der Waals surface area contributed by atoms with Crippen LogP contribution in [0.3, 0.4) is 0 Å². The fourth-order valence-corrected chi connectivity index (χ4v) is 5.68. The third-order valence-corrected chi connectivity index (χ3v) is 7.67. The van der Waals surface area contributed by atoms with Crippen molar-refractivity contribution in [2.24, 2.45) is 0 Å². The Labute approximate surface area is 211 Å². The maximum absolute atomic E-state index is 14.9. The van der Waals surface area contributed by atoms with E-state index in [1.807, 2.05) is 6.92 Å². The molecule has 0 saturated heterocycles. The molecule has 36 heavy (non-hydrogen) atoms. The minimum absolute atomic E-state index is 0.00860. The van der Waals surface area contributed by atoms with Crippen molar-refractivity contribution in [1.82, 2.24) is 0 Å². The Bertz CT molecular complexity index is 1010. The lowest BCUT2D eigenvalue weighted by Crippen LogP contribution is -2.22. The second-order valence-electron chi connectivity index (χ2n) is 9.87. The minimum atomic E-state index is -0.948. The molecule has 0 aromatic heterocycles. The molecule has 0 atom stereocenters. The van der Waals surface area contributed by atoms with Gasteiger partial charge in [0.25, 0.3) is 0 Å². The van der Waals surface area contributed by atoms with Gasteiger partial charge < -0.3 is 14.2 Å². The molecule has 0 aliphatic heterocycles. The molecule has 2 aliphatic carbocycles. The first kappa shape index (κ1) is 26.9. The molecule has 0 heterocycles. The van der Waals surface area contributed by atoms with Crippen molar-refractivity contribution in [3.8, 4) is 5.75 Å². The number of benzene rings is 2. The van der Waals surface area contributed by atoms with Crippen LogP contribution in [0.4, 0.5) is 17.6 Å².